The molecule has 0 bridgehead atoms. The molecule has 1 aliphatic rings. The van der Waals surface area contributed by atoms with Gasteiger partial charge in [-0.3, -0.25) is 0 Å². The van der Waals surface area contributed by atoms with E-state index < -0.39 is 5.60 Å². The summed E-state index contributed by atoms with van der Waals surface area (Å²) >= 11 is 5.95. The van der Waals surface area contributed by atoms with Crippen molar-refractivity contribution < 1.29 is 18.6 Å². The summed E-state index contributed by atoms with van der Waals surface area (Å²) in [5.41, 5.74) is -0.287. The second kappa shape index (κ2) is 6.54. The number of hydrogen-bond donors (Lipinski definition) is 0. The van der Waals surface area contributed by atoms with Crippen molar-refractivity contribution >= 4 is 11.6 Å². The van der Waals surface area contributed by atoms with Gasteiger partial charge >= 0.3 is 0 Å². The quantitative estimate of drug-likeness (QED) is 0.828. The molecular weight excluding hydrogens is 322 g/mol. The average Bonchev–Trinajstić information content (AvgIpc) is 3.23. The van der Waals surface area contributed by atoms with Crippen LogP contribution in [0, 0.1) is 11.3 Å². The van der Waals surface area contributed by atoms with E-state index in [9.17, 15) is 0 Å². The second-order valence-electron chi connectivity index (χ2n) is 5.04. The van der Waals surface area contributed by atoms with Gasteiger partial charge in [-0.1, -0.05) is 11.6 Å². The number of methoxy groups -OCH3 is 1. The maximum Gasteiger partial charge on any atom is 0.254 e. The highest BCUT2D eigenvalue weighted by Crippen LogP contribution is 2.33. The molecule has 1 fully saturated rings. The Morgan fingerprint density at radius 2 is 2.30 bits per heavy atom. The third kappa shape index (κ3) is 3.15. The van der Waals surface area contributed by atoms with Crippen LogP contribution in [0.2, 0.25) is 5.02 Å². The molecule has 1 aromatic heterocycles. The first-order valence-corrected chi connectivity index (χ1v) is 7.33. The molecule has 0 saturated carbocycles. The zero-order valence-electron chi connectivity index (χ0n) is 12.4. The summed E-state index contributed by atoms with van der Waals surface area (Å²) in [5.74, 6) is 1.22. The highest BCUT2D eigenvalue weighted by Gasteiger charge is 2.42. The van der Waals surface area contributed by atoms with E-state index in [-0.39, 0.29) is 6.61 Å². The van der Waals surface area contributed by atoms with Crippen molar-refractivity contribution in [1.29, 1.82) is 5.26 Å². The molecule has 0 aliphatic carbocycles. The number of aromatic nitrogens is 2. The third-order valence-corrected chi connectivity index (χ3v) is 3.97. The van der Waals surface area contributed by atoms with Gasteiger partial charge in [-0.2, -0.15) is 5.26 Å². The number of rotatable bonds is 5. The van der Waals surface area contributed by atoms with Crippen LogP contribution >= 0.6 is 11.6 Å². The topological polar surface area (TPSA) is 90.4 Å². The molecule has 2 heterocycles. The van der Waals surface area contributed by atoms with Gasteiger partial charge in [0.05, 0.1) is 23.8 Å². The van der Waals surface area contributed by atoms with Crippen LogP contribution in [0.3, 0.4) is 0 Å². The molecule has 1 aromatic carbocycles. The van der Waals surface area contributed by atoms with E-state index in [2.05, 4.69) is 10.2 Å². The van der Waals surface area contributed by atoms with E-state index in [1.807, 2.05) is 6.07 Å². The minimum Gasteiger partial charge on any atom is -0.484 e. The third-order valence-electron chi connectivity index (χ3n) is 3.66. The minimum absolute atomic E-state index is 0.0931. The lowest BCUT2D eigenvalue weighted by Gasteiger charge is -2.20. The summed E-state index contributed by atoms with van der Waals surface area (Å²) in [6.07, 6.45) is 0.664. The number of hydrogen-bond acceptors (Lipinski definition) is 7. The molecule has 23 heavy (non-hydrogen) atoms. The summed E-state index contributed by atoms with van der Waals surface area (Å²) in [6, 6.07) is 6.80. The number of halogens is 1. The van der Waals surface area contributed by atoms with Gasteiger partial charge in [-0.05, 0) is 12.1 Å². The number of nitriles is 1. The first-order chi connectivity index (χ1) is 11.2. The van der Waals surface area contributed by atoms with E-state index in [0.717, 1.165) is 0 Å². The maximum absolute atomic E-state index is 8.84. The van der Waals surface area contributed by atoms with Gasteiger partial charge in [-0.15, -0.1) is 10.2 Å². The molecule has 1 unspecified atom stereocenters. The van der Waals surface area contributed by atoms with E-state index >= 15 is 0 Å². The Morgan fingerprint density at radius 3 is 2.96 bits per heavy atom. The van der Waals surface area contributed by atoms with E-state index in [4.69, 9.17) is 35.5 Å². The molecule has 1 atom stereocenters. The number of ether oxygens (including phenoxy) is 3. The fourth-order valence-electron chi connectivity index (χ4n) is 2.28. The Labute approximate surface area is 137 Å². The van der Waals surface area contributed by atoms with Crippen LogP contribution in [0.25, 0.3) is 0 Å². The van der Waals surface area contributed by atoms with Gasteiger partial charge in [0.1, 0.15) is 11.8 Å². The highest BCUT2D eigenvalue weighted by molar-refractivity contribution is 6.31. The average molecular weight is 336 g/mol. The molecule has 8 heteroatoms. The predicted octanol–water partition coefficient (Wildman–Crippen LogP) is 2.44. The molecule has 7 nitrogen and oxygen atoms in total. The first-order valence-electron chi connectivity index (χ1n) is 6.95. The molecule has 0 radical (unpaired) electrons. The zero-order valence-corrected chi connectivity index (χ0v) is 13.2. The lowest BCUT2D eigenvalue weighted by Crippen LogP contribution is -2.29. The number of nitrogens with zero attached hydrogens (tertiary/aromatic N) is 3. The lowest BCUT2D eigenvalue weighted by atomic mass is 10.0. The van der Waals surface area contributed by atoms with Crippen molar-refractivity contribution in [2.45, 2.75) is 18.6 Å². The monoisotopic (exact) mass is 335 g/mol. The van der Waals surface area contributed by atoms with Gasteiger partial charge in [0, 0.05) is 19.6 Å². The Balaban J connectivity index is 1.68. The summed E-state index contributed by atoms with van der Waals surface area (Å²) in [5, 5.41) is 17.2. The SMILES string of the molecule is COC1(c2nnc(COc3ccc(C#N)c(Cl)c3)o2)CCOC1. The smallest absolute Gasteiger partial charge is 0.254 e. The largest absolute Gasteiger partial charge is 0.484 e. The van der Waals surface area contributed by atoms with E-state index in [1.54, 1.807) is 25.3 Å². The van der Waals surface area contributed by atoms with Crippen LogP contribution in [0.5, 0.6) is 5.75 Å². The molecule has 1 aliphatic heterocycles. The maximum atomic E-state index is 8.84. The molecule has 0 spiro atoms. The Kier molecular flexibility index (Phi) is 4.48. The van der Waals surface area contributed by atoms with Gasteiger partial charge < -0.3 is 18.6 Å². The fraction of sp³-hybridized carbons (Fsp3) is 0.400. The molecular formula is C15H14ClN3O4. The Bertz CT molecular complexity index is 735. The van der Waals surface area contributed by atoms with Gasteiger partial charge in [-0.25, -0.2) is 0 Å². The molecule has 2 aromatic rings. The van der Waals surface area contributed by atoms with Gasteiger partial charge in [0.2, 0.25) is 0 Å². The van der Waals surface area contributed by atoms with Crippen molar-refractivity contribution in [1.82, 2.24) is 10.2 Å². The van der Waals surface area contributed by atoms with Crippen molar-refractivity contribution in [2.75, 3.05) is 20.3 Å². The lowest BCUT2D eigenvalue weighted by molar-refractivity contribution is -0.0420. The Hall–Kier alpha value is -2.14. The second-order valence-corrected chi connectivity index (χ2v) is 5.45. The summed E-state index contributed by atoms with van der Waals surface area (Å²) in [6.45, 7) is 1.07. The van der Waals surface area contributed by atoms with Crippen LogP contribution in [-0.2, 0) is 21.7 Å². The highest BCUT2D eigenvalue weighted by atomic mass is 35.5. The van der Waals surface area contributed by atoms with Gasteiger partial charge in [0.25, 0.3) is 11.8 Å². The molecule has 0 N–H and O–H groups in total. The normalized spacial score (nSPS) is 20.4. The Morgan fingerprint density at radius 1 is 1.43 bits per heavy atom. The van der Waals surface area contributed by atoms with Crippen LogP contribution in [-0.4, -0.2) is 30.5 Å². The summed E-state index contributed by atoms with van der Waals surface area (Å²) in [4.78, 5) is 0. The number of benzene rings is 1. The van der Waals surface area contributed by atoms with E-state index in [1.165, 1.54) is 0 Å². The predicted molar refractivity (Wildman–Crippen MR) is 78.9 cm³/mol. The summed E-state index contributed by atoms with van der Waals surface area (Å²) < 4.78 is 22.0. The fourth-order valence-corrected chi connectivity index (χ4v) is 2.49. The molecule has 3 rings (SSSR count). The molecule has 0 amide bonds. The van der Waals surface area contributed by atoms with Crippen LogP contribution < -0.4 is 4.74 Å². The first kappa shape index (κ1) is 15.7. The minimum atomic E-state index is -0.678. The summed E-state index contributed by atoms with van der Waals surface area (Å²) in [7, 11) is 1.59. The van der Waals surface area contributed by atoms with Gasteiger partial charge in [0.15, 0.2) is 12.2 Å². The van der Waals surface area contributed by atoms with Crippen molar-refractivity contribution in [3.05, 3.63) is 40.6 Å². The van der Waals surface area contributed by atoms with Crippen molar-refractivity contribution in [3.63, 3.8) is 0 Å². The zero-order chi connectivity index (χ0) is 16.3. The van der Waals surface area contributed by atoms with Crippen molar-refractivity contribution in [2.24, 2.45) is 0 Å². The molecule has 120 valence electrons. The van der Waals surface area contributed by atoms with Crippen LogP contribution in [0.15, 0.2) is 22.6 Å². The standard InChI is InChI=1S/C15H14ClN3O4/c1-20-15(4-5-21-9-15)14-19-18-13(23-14)8-22-11-3-2-10(7-17)12(16)6-11/h2-3,6H,4-5,8-9H2,1H3. The molecule has 1 saturated heterocycles. The van der Waals surface area contributed by atoms with Crippen LogP contribution in [0.1, 0.15) is 23.8 Å². The van der Waals surface area contributed by atoms with Crippen molar-refractivity contribution in [3.8, 4) is 11.8 Å². The van der Waals surface area contributed by atoms with Crippen LogP contribution in [0.4, 0.5) is 0 Å². The van der Waals surface area contributed by atoms with E-state index in [0.29, 0.717) is 47.8 Å².